The van der Waals surface area contributed by atoms with E-state index in [2.05, 4.69) is 50.9 Å². The van der Waals surface area contributed by atoms with Crippen molar-refractivity contribution >= 4 is 33.6 Å². The summed E-state index contributed by atoms with van der Waals surface area (Å²) in [6.07, 6.45) is 4.91. The van der Waals surface area contributed by atoms with Crippen molar-refractivity contribution in [3.8, 4) is 0 Å². The van der Waals surface area contributed by atoms with E-state index in [1.54, 1.807) is 12.3 Å². The number of amides is 2. The molecule has 7 nitrogen and oxygen atoms in total. The highest BCUT2D eigenvalue weighted by molar-refractivity contribution is 9.10. The highest BCUT2D eigenvalue weighted by Crippen LogP contribution is 2.22. The van der Waals surface area contributed by atoms with Crippen LogP contribution in [-0.2, 0) is 9.59 Å². The predicted molar refractivity (Wildman–Crippen MR) is 108 cm³/mol. The summed E-state index contributed by atoms with van der Waals surface area (Å²) in [4.78, 5) is 31.2. The monoisotopic (exact) mass is 437 g/mol. The molecule has 2 aliphatic heterocycles. The van der Waals surface area contributed by atoms with E-state index in [1.807, 2.05) is 11.0 Å². The molecule has 0 bridgehead atoms. The van der Waals surface area contributed by atoms with Crippen LogP contribution in [0.25, 0.3) is 0 Å². The molecule has 0 radical (unpaired) electrons. The van der Waals surface area contributed by atoms with Crippen LogP contribution in [0.5, 0.6) is 0 Å². The van der Waals surface area contributed by atoms with Crippen LogP contribution in [0, 0.1) is 11.8 Å². The maximum atomic E-state index is 12.7. The average molecular weight is 438 g/mol. The number of carbonyl (C=O) groups is 2. The Kier molecular flexibility index (Phi) is 6.83. The van der Waals surface area contributed by atoms with E-state index in [-0.39, 0.29) is 23.8 Å². The highest BCUT2D eigenvalue weighted by Gasteiger charge is 2.35. The third-order valence-electron chi connectivity index (χ3n) is 5.19. The van der Waals surface area contributed by atoms with Gasteiger partial charge in [-0.25, -0.2) is 10.4 Å². The molecule has 0 spiro atoms. The summed E-state index contributed by atoms with van der Waals surface area (Å²) in [5.41, 5.74) is 6.39. The van der Waals surface area contributed by atoms with E-state index in [1.165, 1.54) is 0 Å². The standard InChI is InChI=1S/C19H28BrN5O2/c1-12(2)9-15-10-16(24-23-15)19(27)25-7-5-13(6-8-25)18(26)22-17-4-3-14(20)11-21-17/h3-4,11-13,15-16,23-24H,5-10H2,1-2H3,(H,21,22,26). The maximum absolute atomic E-state index is 12.7. The molecule has 8 heteroatoms. The summed E-state index contributed by atoms with van der Waals surface area (Å²) >= 11 is 3.33. The summed E-state index contributed by atoms with van der Waals surface area (Å²) in [6, 6.07) is 3.80. The lowest BCUT2D eigenvalue weighted by molar-refractivity contribution is -0.136. The van der Waals surface area contributed by atoms with Gasteiger partial charge in [0, 0.05) is 35.7 Å². The Balaban J connectivity index is 1.45. The van der Waals surface area contributed by atoms with Gasteiger partial charge in [-0.3, -0.25) is 15.0 Å². The van der Waals surface area contributed by atoms with Gasteiger partial charge in [-0.15, -0.1) is 0 Å². The molecule has 2 atom stereocenters. The largest absolute Gasteiger partial charge is 0.341 e. The van der Waals surface area contributed by atoms with Crippen LogP contribution in [0.3, 0.4) is 0 Å². The number of hydrogen-bond donors (Lipinski definition) is 3. The molecule has 0 aliphatic carbocycles. The molecule has 3 heterocycles. The van der Waals surface area contributed by atoms with Crippen molar-refractivity contribution in [1.82, 2.24) is 20.7 Å². The number of hydrogen-bond acceptors (Lipinski definition) is 5. The first-order chi connectivity index (χ1) is 12.9. The number of anilines is 1. The highest BCUT2D eigenvalue weighted by atomic mass is 79.9. The van der Waals surface area contributed by atoms with Crippen molar-refractivity contribution in [2.75, 3.05) is 18.4 Å². The van der Waals surface area contributed by atoms with Gasteiger partial charge in [0.05, 0.1) is 0 Å². The second-order valence-electron chi connectivity index (χ2n) is 7.85. The van der Waals surface area contributed by atoms with Gasteiger partial charge in [-0.1, -0.05) is 13.8 Å². The van der Waals surface area contributed by atoms with Crippen LogP contribution >= 0.6 is 15.9 Å². The van der Waals surface area contributed by atoms with Crippen LogP contribution in [0.4, 0.5) is 5.82 Å². The van der Waals surface area contributed by atoms with Crippen molar-refractivity contribution < 1.29 is 9.59 Å². The van der Waals surface area contributed by atoms with Crippen molar-refractivity contribution in [2.45, 2.75) is 51.6 Å². The summed E-state index contributed by atoms with van der Waals surface area (Å²) < 4.78 is 0.873. The molecule has 0 saturated carbocycles. The first-order valence-corrected chi connectivity index (χ1v) is 10.4. The van der Waals surface area contributed by atoms with Crippen molar-refractivity contribution in [1.29, 1.82) is 0 Å². The number of hydrazine groups is 1. The third-order valence-corrected chi connectivity index (χ3v) is 5.66. The van der Waals surface area contributed by atoms with Crippen molar-refractivity contribution in [3.05, 3.63) is 22.8 Å². The minimum atomic E-state index is -0.161. The Morgan fingerprint density at radius 1 is 1.30 bits per heavy atom. The number of nitrogens with zero attached hydrogens (tertiary/aromatic N) is 2. The first kappa shape index (κ1) is 20.2. The minimum Gasteiger partial charge on any atom is -0.341 e. The van der Waals surface area contributed by atoms with Gasteiger partial charge in [-0.2, -0.15) is 0 Å². The second-order valence-corrected chi connectivity index (χ2v) is 8.77. The van der Waals surface area contributed by atoms with Crippen LogP contribution in [0.15, 0.2) is 22.8 Å². The van der Waals surface area contributed by atoms with E-state index >= 15 is 0 Å². The van der Waals surface area contributed by atoms with Gasteiger partial charge < -0.3 is 10.2 Å². The van der Waals surface area contributed by atoms with Gasteiger partial charge in [0.1, 0.15) is 11.9 Å². The zero-order valence-corrected chi connectivity index (χ0v) is 17.5. The van der Waals surface area contributed by atoms with Gasteiger partial charge in [-0.05, 0) is 59.7 Å². The summed E-state index contributed by atoms with van der Waals surface area (Å²) in [5, 5.41) is 2.87. The van der Waals surface area contributed by atoms with Crippen LogP contribution in [-0.4, -0.2) is 46.9 Å². The Labute approximate surface area is 168 Å². The topological polar surface area (TPSA) is 86.4 Å². The molecular weight excluding hydrogens is 410 g/mol. The molecule has 2 fully saturated rings. The first-order valence-electron chi connectivity index (χ1n) is 9.64. The molecular formula is C19H28BrN5O2. The number of halogens is 1. The Morgan fingerprint density at radius 3 is 2.67 bits per heavy atom. The van der Waals surface area contributed by atoms with E-state index in [0.717, 1.165) is 17.3 Å². The molecule has 3 N–H and O–H groups in total. The molecule has 2 amide bonds. The molecule has 3 rings (SSSR count). The molecule has 0 aromatic carbocycles. The zero-order chi connectivity index (χ0) is 19.4. The number of piperidine rings is 1. The normalized spacial score (nSPS) is 23.6. The van der Waals surface area contributed by atoms with Crippen LogP contribution in [0.1, 0.15) is 39.5 Å². The summed E-state index contributed by atoms with van der Waals surface area (Å²) in [7, 11) is 0. The number of rotatable bonds is 5. The van der Waals surface area contributed by atoms with E-state index in [9.17, 15) is 9.59 Å². The number of likely N-dealkylation sites (tertiary alicyclic amines) is 1. The van der Waals surface area contributed by atoms with Crippen LogP contribution in [0.2, 0.25) is 0 Å². The Bertz CT molecular complexity index is 659. The molecule has 148 valence electrons. The van der Waals surface area contributed by atoms with Gasteiger partial charge >= 0.3 is 0 Å². The quantitative estimate of drug-likeness (QED) is 0.657. The van der Waals surface area contributed by atoms with Crippen molar-refractivity contribution in [2.24, 2.45) is 11.8 Å². The number of pyridine rings is 1. The smallest absolute Gasteiger partial charge is 0.241 e. The Hall–Kier alpha value is -1.51. The molecule has 1 aromatic rings. The lowest BCUT2D eigenvalue weighted by Crippen LogP contribution is -2.49. The lowest BCUT2D eigenvalue weighted by Gasteiger charge is -2.32. The maximum Gasteiger partial charge on any atom is 0.241 e. The predicted octanol–water partition coefficient (Wildman–Crippen LogP) is 2.30. The molecule has 1 aromatic heterocycles. The Morgan fingerprint density at radius 2 is 2.04 bits per heavy atom. The van der Waals surface area contributed by atoms with Gasteiger partial charge in [0.15, 0.2) is 0 Å². The summed E-state index contributed by atoms with van der Waals surface area (Å²) in [5.74, 6) is 1.20. The molecule has 2 aliphatic rings. The molecule has 2 unspecified atom stereocenters. The minimum absolute atomic E-state index is 0.0189. The number of carbonyl (C=O) groups excluding carboxylic acids is 2. The fourth-order valence-electron chi connectivity index (χ4n) is 3.77. The van der Waals surface area contributed by atoms with Gasteiger partial charge in [0.25, 0.3) is 0 Å². The summed E-state index contributed by atoms with van der Waals surface area (Å²) in [6.45, 7) is 5.63. The van der Waals surface area contributed by atoms with E-state index < -0.39 is 0 Å². The lowest BCUT2D eigenvalue weighted by atomic mass is 9.94. The van der Waals surface area contributed by atoms with E-state index in [0.29, 0.717) is 43.7 Å². The fourth-order valence-corrected chi connectivity index (χ4v) is 4.00. The molecule has 2 saturated heterocycles. The average Bonchev–Trinajstić information content (AvgIpc) is 3.11. The fraction of sp³-hybridized carbons (Fsp3) is 0.632. The zero-order valence-electron chi connectivity index (χ0n) is 15.9. The van der Waals surface area contributed by atoms with E-state index in [4.69, 9.17) is 0 Å². The second kappa shape index (κ2) is 9.12. The third kappa shape index (κ3) is 5.49. The van der Waals surface area contributed by atoms with Gasteiger partial charge in [0.2, 0.25) is 11.8 Å². The number of aromatic nitrogens is 1. The number of nitrogens with one attached hydrogen (secondary N) is 3. The van der Waals surface area contributed by atoms with Crippen molar-refractivity contribution in [3.63, 3.8) is 0 Å². The molecule has 27 heavy (non-hydrogen) atoms. The SMILES string of the molecule is CC(C)CC1CC(C(=O)N2CCC(C(=O)Nc3ccc(Br)cn3)CC2)NN1. The van der Waals surface area contributed by atoms with Crippen LogP contribution < -0.4 is 16.2 Å².